The van der Waals surface area contributed by atoms with Crippen molar-refractivity contribution in [2.24, 2.45) is 5.41 Å². The molecule has 116 valence electrons. The van der Waals surface area contributed by atoms with Crippen LogP contribution in [-0.4, -0.2) is 57.0 Å². The van der Waals surface area contributed by atoms with Crippen LogP contribution in [0.1, 0.15) is 19.8 Å². The summed E-state index contributed by atoms with van der Waals surface area (Å²) in [5, 5.41) is 9.59. The summed E-state index contributed by atoms with van der Waals surface area (Å²) in [6.07, 6.45) is 0.445. The first-order valence-corrected chi connectivity index (χ1v) is 6.44. The molecule has 0 aromatic carbocycles. The Morgan fingerprint density at radius 1 is 1.30 bits per heavy atom. The van der Waals surface area contributed by atoms with Crippen molar-refractivity contribution in [1.82, 2.24) is 0 Å². The van der Waals surface area contributed by atoms with Gasteiger partial charge in [0.1, 0.15) is 12.0 Å². The third-order valence-corrected chi connectivity index (χ3v) is 3.02. The molecule has 0 amide bonds. The SMILES string of the molecule is C=CC(=O)CC(O)COC(=O)C(CC)(COC)COC. The van der Waals surface area contributed by atoms with Crippen molar-refractivity contribution >= 4 is 11.8 Å². The first-order chi connectivity index (χ1) is 9.45. The largest absolute Gasteiger partial charge is 0.462 e. The highest BCUT2D eigenvalue weighted by Gasteiger charge is 2.39. The Hall–Kier alpha value is -1.24. The van der Waals surface area contributed by atoms with E-state index < -0.39 is 17.5 Å². The lowest BCUT2D eigenvalue weighted by atomic mass is 9.87. The fourth-order valence-electron chi connectivity index (χ4n) is 1.76. The zero-order chi connectivity index (χ0) is 15.6. The summed E-state index contributed by atoms with van der Waals surface area (Å²) < 4.78 is 15.2. The summed E-state index contributed by atoms with van der Waals surface area (Å²) >= 11 is 0. The second-order valence-corrected chi connectivity index (χ2v) is 4.63. The van der Waals surface area contributed by atoms with Crippen LogP contribution >= 0.6 is 0 Å². The Morgan fingerprint density at radius 3 is 2.25 bits per heavy atom. The number of aliphatic hydroxyl groups excluding tert-OH is 1. The van der Waals surface area contributed by atoms with Crippen LogP contribution in [0.25, 0.3) is 0 Å². The van der Waals surface area contributed by atoms with Crippen LogP contribution in [0.15, 0.2) is 12.7 Å². The van der Waals surface area contributed by atoms with Gasteiger partial charge in [-0.25, -0.2) is 0 Å². The Labute approximate surface area is 119 Å². The molecule has 0 radical (unpaired) electrons. The van der Waals surface area contributed by atoms with Crippen molar-refractivity contribution < 1.29 is 28.9 Å². The fourth-order valence-corrected chi connectivity index (χ4v) is 1.76. The van der Waals surface area contributed by atoms with Gasteiger partial charge in [0.25, 0.3) is 0 Å². The summed E-state index contributed by atoms with van der Waals surface area (Å²) in [5.41, 5.74) is -0.897. The first kappa shape index (κ1) is 18.8. The van der Waals surface area contributed by atoms with E-state index in [4.69, 9.17) is 14.2 Å². The molecule has 0 spiro atoms. The molecule has 0 saturated carbocycles. The number of methoxy groups -OCH3 is 2. The normalized spacial score (nSPS) is 12.8. The van der Waals surface area contributed by atoms with Gasteiger partial charge in [-0.2, -0.15) is 0 Å². The second-order valence-electron chi connectivity index (χ2n) is 4.63. The minimum Gasteiger partial charge on any atom is -0.462 e. The van der Waals surface area contributed by atoms with E-state index >= 15 is 0 Å². The average molecular weight is 288 g/mol. The molecule has 0 heterocycles. The molecule has 6 heteroatoms. The van der Waals surface area contributed by atoms with Gasteiger partial charge in [-0.15, -0.1) is 0 Å². The van der Waals surface area contributed by atoms with Gasteiger partial charge in [0, 0.05) is 20.6 Å². The maximum Gasteiger partial charge on any atom is 0.316 e. The first-order valence-electron chi connectivity index (χ1n) is 6.44. The van der Waals surface area contributed by atoms with E-state index in [9.17, 15) is 14.7 Å². The topological polar surface area (TPSA) is 82.1 Å². The molecule has 0 aromatic rings. The Kier molecular flexibility index (Phi) is 9.03. The van der Waals surface area contributed by atoms with Gasteiger partial charge < -0.3 is 19.3 Å². The van der Waals surface area contributed by atoms with Gasteiger partial charge in [0.15, 0.2) is 5.78 Å². The van der Waals surface area contributed by atoms with E-state index in [0.717, 1.165) is 6.08 Å². The van der Waals surface area contributed by atoms with Crippen molar-refractivity contribution in [3.63, 3.8) is 0 Å². The van der Waals surface area contributed by atoms with Crippen LogP contribution < -0.4 is 0 Å². The summed E-state index contributed by atoms with van der Waals surface area (Å²) in [6, 6.07) is 0. The molecular weight excluding hydrogens is 264 g/mol. The van der Waals surface area contributed by atoms with Crippen molar-refractivity contribution in [3.8, 4) is 0 Å². The molecule has 1 unspecified atom stereocenters. The molecule has 20 heavy (non-hydrogen) atoms. The van der Waals surface area contributed by atoms with Gasteiger partial charge in [-0.1, -0.05) is 13.5 Å². The number of carbonyl (C=O) groups excluding carboxylic acids is 2. The molecule has 0 bridgehead atoms. The van der Waals surface area contributed by atoms with Gasteiger partial charge in [-0.05, 0) is 12.5 Å². The molecule has 0 aliphatic carbocycles. The third kappa shape index (κ3) is 5.81. The van der Waals surface area contributed by atoms with Gasteiger partial charge in [0.2, 0.25) is 0 Å². The maximum atomic E-state index is 12.1. The zero-order valence-electron chi connectivity index (χ0n) is 12.4. The molecule has 6 nitrogen and oxygen atoms in total. The predicted molar refractivity (Wildman–Crippen MR) is 73.3 cm³/mol. The summed E-state index contributed by atoms with van der Waals surface area (Å²) in [4.78, 5) is 23.2. The number of aliphatic hydroxyl groups is 1. The average Bonchev–Trinajstić information content (AvgIpc) is 2.44. The van der Waals surface area contributed by atoms with Crippen LogP contribution in [0.2, 0.25) is 0 Å². The molecule has 1 atom stereocenters. The lowest BCUT2D eigenvalue weighted by Gasteiger charge is -2.29. The predicted octanol–water partition coefficient (Wildman–Crippen LogP) is 0.725. The van der Waals surface area contributed by atoms with Crippen LogP contribution in [0.4, 0.5) is 0 Å². The molecule has 0 rings (SSSR count). The van der Waals surface area contributed by atoms with E-state index in [0.29, 0.717) is 6.42 Å². The smallest absolute Gasteiger partial charge is 0.316 e. The van der Waals surface area contributed by atoms with E-state index in [2.05, 4.69) is 6.58 Å². The standard InChI is InChI=1S/C14H24O6/c1-5-11(15)7-12(16)8-20-13(17)14(6-2,9-18-3)10-19-4/h5,12,16H,1,6-10H2,2-4H3. The van der Waals surface area contributed by atoms with E-state index in [-0.39, 0.29) is 32.0 Å². The van der Waals surface area contributed by atoms with Crippen LogP contribution in [-0.2, 0) is 23.8 Å². The molecule has 0 aromatic heterocycles. The molecule has 0 aliphatic rings. The number of ether oxygens (including phenoxy) is 3. The lowest BCUT2D eigenvalue weighted by Crippen LogP contribution is -2.41. The summed E-state index contributed by atoms with van der Waals surface area (Å²) in [5.74, 6) is -0.808. The summed E-state index contributed by atoms with van der Waals surface area (Å²) in [6.45, 7) is 5.23. The van der Waals surface area contributed by atoms with Crippen molar-refractivity contribution in [2.45, 2.75) is 25.9 Å². The monoisotopic (exact) mass is 288 g/mol. The van der Waals surface area contributed by atoms with E-state index in [1.165, 1.54) is 14.2 Å². The molecule has 0 aliphatic heterocycles. The number of allylic oxidation sites excluding steroid dienone is 1. The number of esters is 1. The molecular formula is C14H24O6. The Bertz CT molecular complexity index is 320. The highest BCUT2D eigenvalue weighted by atomic mass is 16.6. The van der Waals surface area contributed by atoms with Crippen molar-refractivity contribution in [1.29, 1.82) is 0 Å². The molecule has 1 N–H and O–H groups in total. The highest BCUT2D eigenvalue weighted by Crippen LogP contribution is 2.25. The molecule has 0 saturated heterocycles. The maximum absolute atomic E-state index is 12.1. The number of carbonyl (C=O) groups is 2. The Balaban J connectivity index is 4.53. The number of ketones is 1. The van der Waals surface area contributed by atoms with Crippen LogP contribution in [0.3, 0.4) is 0 Å². The summed E-state index contributed by atoms with van der Waals surface area (Å²) in [7, 11) is 2.98. The molecule has 0 fully saturated rings. The van der Waals surface area contributed by atoms with Crippen LogP contribution in [0, 0.1) is 5.41 Å². The second kappa shape index (κ2) is 9.63. The minimum atomic E-state index is -1.04. The van der Waals surface area contributed by atoms with Gasteiger partial charge >= 0.3 is 5.97 Å². The number of hydrogen-bond donors (Lipinski definition) is 1. The zero-order valence-corrected chi connectivity index (χ0v) is 12.4. The van der Waals surface area contributed by atoms with Crippen molar-refractivity contribution in [3.05, 3.63) is 12.7 Å². The minimum absolute atomic E-state index is 0.121. The van der Waals surface area contributed by atoms with E-state index in [1.54, 1.807) is 0 Å². The third-order valence-electron chi connectivity index (χ3n) is 3.02. The lowest BCUT2D eigenvalue weighted by molar-refractivity contribution is -0.167. The van der Waals surface area contributed by atoms with Gasteiger partial charge in [-0.3, -0.25) is 9.59 Å². The quantitative estimate of drug-likeness (QED) is 0.446. The van der Waals surface area contributed by atoms with Gasteiger partial charge in [0.05, 0.1) is 19.3 Å². The van der Waals surface area contributed by atoms with Crippen molar-refractivity contribution in [2.75, 3.05) is 34.0 Å². The number of hydrogen-bond acceptors (Lipinski definition) is 6. The van der Waals surface area contributed by atoms with E-state index in [1.807, 2.05) is 6.92 Å². The van der Waals surface area contributed by atoms with Crippen LogP contribution in [0.5, 0.6) is 0 Å². The Morgan fingerprint density at radius 2 is 1.85 bits per heavy atom. The fraction of sp³-hybridized carbons (Fsp3) is 0.714. The highest BCUT2D eigenvalue weighted by molar-refractivity contribution is 5.89. The number of rotatable bonds is 11.